The van der Waals surface area contributed by atoms with Crippen LogP contribution < -0.4 is 0 Å². The Morgan fingerprint density at radius 2 is 2.00 bits per heavy atom. The first-order valence-corrected chi connectivity index (χ1v) is 10.1. The number of hydrogen-bond acceptors (Lipinski definition) is 4. The van der Waals surface area contributed by atoms with E-state index in [1.54, 1.807) is 18.6 Å². The van der Waals surface area contributed by atoms with Gasteiger partial charge in [-0.1, -0.05) is 17.3 Å². The number of pyridine rings is 1. The van der Waals surface area contributed by atoms with E-state index in [2.05, 4.69) is 20.3 Å². The first-order chi connectivity index (χ1) is 15.4. The Hall–Kier alpha value is -3.56. The third-order valence-electron chi connectivity index (χ3n) is 5.77. The lowest BCUT2D eigenvalue weighted by Gasteiger charge is -2.26. The SMILES string of the molecule is Fc1cccc2c1CCC[C@@H]2Cn1cnc(-c2cc(-c3nn[nH]c3C(F)(F)F)ccn2)c1. The fourth-order valence-electron chi connectivity index (χ4n) is 4.28. The van der Waals surface area contributed by atoms with Crippen LogP contribution in [0, 0.1) is 5.82 Å². The lowest BCUT2D eigenvalue weighted by atomic mass is 9.82. The number of rotatable bonds is 4. The molecule has 0 amide bonds. The summed E-state index contributed by atoms with van der Waals surface area (Å²) in [7, 11) is 0. The molecule has 0 fully saturated rings. The zero-order chi connectivity index (χ0) is 22.3. The number of aromatic amines is 1. The zero-order valence-electron chi connectivity index (χ0n) is 16.8. The van der Waals surface area contributed by atoms with E-state index < -0.39 is 11.9 Å². The van der Waals surface area contributed by atoms with Gasteiger partial charge in [0.1, 0.15) is 17.2 Å². The zero-order valence-corrected chi connectivity index (χ0v) is 16.8. The van der Waals surface area contributed by atoms with Crippen molar-refractivity contribution in [2.24, 2.45) is 0 Å². The van der Waals surface area contributed by atoms with E-state index in [0.29, 0.717) is 17.9 Å². The molecule has 4 aromatic rings. The summed E-state index contributed by atoms with van der Waals surface area (Å²) in [5.41, 5.74) is 1.70. The normalized spacial score (nSPS) is 16.2. The minimum atomic E-state index is -4.60. The van der Waals surface area contributed by atoms with Gasteiger partial charge in [-0.05, 0) is 48.6 Å². The second-order valence-corrected chi connectivity index (χ2v) is 7.82. The third-order valence-corrected chi connectivity index (χ3v) is 5.77. The number of nitrogens with zero attached hydrogens (tertiary/aromatic N) is 5. The average molecular weight is 442 g/mol. The quantitative estimate of drug-likeness (QED) is 0.451. The molecule has 1 N–H and O–H groups in total. The van der Waals surface area contributed by atoms with Gasteiger partial charge >= 0.3 is 6.18 Å². The van der Waals surface area contributed by atoms with Crippen molar-refractivity contribution in [1.29, 1.82) is 0 Å². The number of nitrogens with one attached hydrogen (secondary N) is 1. The molecule has 3 aromatic heterocycles. The Labute approximate surface area is 180 Å². The standard InChI is InChI=1S/C22H18F4N6/c23-17-6-2-4-15-14(3-1-5-16(15)17)10-32-11-19(28-12-32)18-9-13(7-8-27-18)20-21(22(24,25)26)30-31-29-20/h2,4,6-9,11-12,14H,1,3,5,10H2,(H,29,30,31)/t14-/m1/s1. The highest BCUT2D eigenvalue weighted by Gasteiger charge is 2.37. The van der Waals surface area contributed by atoms with Gasteiger partial charge in [0.2, 0.25) is 0 Å². The molecule has 0 saturated carbocycles. The molecule has 1 atom stereocenters. The smallest absolute Gasteiger partial charge is 0.336 e. The number of imidazole rings is 1. The summed E-state index contributed by atoms with van der Waals surface area (Å²) in [4.78, 5) is 8.63. The maximum atomic E-state index is 14.2. The van der Waals surface area contributed by atoms with Gasteiger partial charge in [-0.3, -0.25) is 10.1 Å². The molecule has 32 heavy (non-hydrogen) atoms. The Bertz CT molecular complexity index is 1260. The Balaban J connectivity index is 1.41. The van der Waals surface area contributed by atoms with Crippen LogP contribution in [0.15, 0.2) is 49.1 Å². The van der Waals surface area contributed by atoms with Crippen LogP contribution in [0.5, 0.6) is 0 Å². The maximum absolute atomic E-state index is 14.2. The molecule has 10 heteroatoms. The number of hydrogen-bond donors (Lipinski definition) is 1. The molecule has 0 aliphatic heterocycles. The molecule has 0 radical (unpaired) electrons. The molecule has 164 valence electrons. The number of H-pyrrole nitrogens is 1. The molecule has 0 saturated heterocycles. The van der Waals surface area contributed by atoms with Gasteiger partial charge in [0, 0.05) is 30.4 Å². The van der Waals surface area contributed by atoms with E-state index >= 15 is 0 Å². The predicted molar refractivity (Wildman–Crippen MR) is 108 cm³/mol. The van der Waals surface area contributed by atoms with Crippen LogP contribution in [-0.2, 0) is 19.1 Å². The van der Waals surface area contributed by atoms with Gasteiger partial charge in [0.15, 0.2) is 5.69 Å². The summed E-state index contributed by atoms with van der Waals surface area (Å²) >= 11 is 0. The Kier molecular flexibility index (Phi) is 4.99. The minimum absolute atomic E-state index is 0.161. The summed E-state index contributed by atoms with van der Waals surface area (Å²) < 4.78 is 55.6. The number of halogens is 4. The number of alkyl halides is 3. The molecule has 0 spiro atoms. The Morgan fingerprint density at radius 1 is 1.12 bits per heavy atom. The number of aromatic nitrogens is 6. The van der Waals surface area contributed by atoms with Crippen LogP contribution in [0.4, 0.5) is 17.6 Å². The minimum Gasteiger partial charge on any atom is -0.336 e. The molecule has 5 rings (SSSR count). The van der Waals surface area contributed by atoms with E-state index in [0.717, 1.165) is 30.4 Å². The highest BCUT2D eigenvalue weighted by molar-refractivity contribution is 5.67. The van der Waals surface area contributed by atoms with Gasteiger partial charge in [-0.25, -0.2) is 9.37 Å². The number of benzene rings is 1. The van der Waals surface area contributed by atoms with Crippen molar-refractivity contribution >= 4 is 0 Å². The molecule has 0 unspecified atom stereocenters. The van der Waals surface area contributed by atoms with Gasteiger partial charge in [0.25, 0.3) is 0 Å². The average Bonchev–Trinajstić information content (AvgIpc) is 3.44. The number of fused-ring (bicyclic) bond motifs is 1. The van der Waals surface area contributed by atoms with E-state index in [1.165, 1.54) is 24.4 Å². The summed E-state index contributed by atoms with van der Waals surface area (Å²) in [5, 5.41) is 8.80. The predicted octanol–water partition coefficient (Wildman–Crippen LogP) is 5.01. The van der Waals surface area contributed by atoms with Crippen molar-refractivity contribution in [2.75, 3.05) is 0 Å². The van der Waals surface area contributed by atoms with Crippen molar-refractivity contribution in [3.63, 3.8) is 0 Å². The van der Waals surface area contributed by atoms with Crippen molar-refractivity contribution in [1.82, 2.24) is 29.9 Å². The first kappa shape index (κ1) is 20.3. The first-order valence-electron chi connectivity index (χ1n) is 10.1. The molecule has 3 heterocycles. The van der Waals surface area contributed by atoms with E-state index in [1.807, 2.05) is 15.7 Å². The third kappa shape index (κ3) is 3.76. The van der Waals surface area contributed by atoms with Gasteiger partial charge in [-0.15, -0.1) is 5.10 Å². The van der Waals surface area contributed by atoms with Gasteiger partial charge < -0.3 is 4.57 Å². The molecule has 1 aliphatic rings. The van der Waals surface area contributed by atoms with Gasteiger partial charge in [0.05, 0.1) is 12.0 Å². The lowest BCUT2D eigenvalue weighted by molar-refractivity contribution is -0.140. The van der Waals surface area contributed by atoms with Crippen LogP contribution in [0.25, 0.3) is 22.6 Å². The fraction of sp³-hybridized carbons (Fsp3) is 0.273. The fourth-order valence-corrected chi connectivity index (χ4v) is 4.28. The van der Waals surface area contributed by atoms with E-state index in [9.17, 15) is 17.6 Å². The van der Waals surface area contributed by atoms with Crippen LogP contribution >= 0.6 is 0 Å². The van der Waals surface area contributed by atoms with Gasteiger partial charge in [-0.2, -0.15) is 13.2 Å². The molecular weight excluding hydrogens is 424 g/mol. The molecule has 0 bridgehead atoms. The molecule has 1 aromatic carbocycles. The van der Waals surface area contributed by atoms with Crippen LogP contribution in [0.3, 0.4) is 0 Å². The lowest BCUT2D eigenvalue weighted by Crippen LogP contribution is -2.16. The van der Waals surface area contributed by atoms with Crippen molar-refractivity contribution in [3.8, 4) is 22.6 Å². The van der Waals surface area contributed by atoms with E-state index in [4.69, 9.17) is 0 Å². The van der Waals surface area contributed by atoms with Crippen molar-refractivity contribution in [2.45, 2.75) is 37.9 Å². The van der Waals surface area contributed by atoms with Crippen LogP contribution in [0.1, 0.15) is 35.6 Å². The Morgan fingerprint density at radius 3 is 2.84 bits per heavy atom. The molecular formula is C22H18F4N6. The topological polar surface area (TPSA) is 72.3 Å². The monoisotopic (exact) mass is 442 g/mol. The van der Waals surface area contributed by atoms with Crippen LogP contribution in [-0.4, -0.2) is 29.9 Å². The second kappa shape index (κ2) is 7.85. The highest BCUT2D eigenvalue weighted by atomic mass is 19.4. The summed E-state index contributed by atoms with van der Waals surface area (Å²) in [6.07, 6.45) is 2.89. The van der Waals surface area contributed by atoms with Crippen LogP contribution in [0.2, 0.25) is 0 Å². The second-order valence-electron chi connectivity index (χ2n) is 7.82. The summed E-state index contributed by atoms with van der Waals surface area (Å²) in [5.74, 6) is 0.00545. The highest BCUT2D eigenvalue weighted by Crippen LogP contribution is 2.36. The van der Waals surface area contributed by atoms with Crippen molar-refractivity contribution in [3.05, 3.63) is 71.7 Å². The summed E-state index contributed by atoms with van der Waals surface area (Å²) in [6, 6.07) is 8.15. The van der Waals surface area contributed by atoms with Crippen molar-refractivity contribution < 1.29 is 17.6 Å². The molecule has 1 aliphatic carbocycles. The summed E-state index contributed by atoms with van der Waals surface area (Å²) in [6.45, 7) is 0.630. The maximum Gasteiger partial charge on any atom is 0.435 e. The largest absolute Gasteiger partial charge is 0.435 e. The van der Waals surface area contributed by atoms with E-state index in [-0.39, 0.29) is 23.0 Å². The molecule has 6 nitrogen and oxygen atoms in total.